The van der Waals surface area contributed by atoms with Gasteiger partial charge in [0.2, 0.25) is 0 Å². The Kier molecular flexibility index (Phi) is 6.40. The Balaban J connectivity index is 0.00000242. The summed E-state index contributed by atoms with van der Waals surface area (Å²) in [6, 6.07) is 4.73. The summed E-state index contributed by atoms with van der Waals surface area (Å²) in [5, 5.41) is 3.00. The minimum absolute atomic E-state index is 0. The average molecular weight is 347 g/mol. The molecule has 22 heavy (non-hydrogen) atoms. The highest BCUT2D eigenvalue weighted by molar-refractivity contribution is 7.90. The first-order valence-electron chi connectivity index (χ1n) is 7.14. The number of benzene rings is 1. The van der Waals surface area contributed by atoms with E-state index in [4.69, 9.17) is 5.73 Å². The van der Waals surface area contributed by atoms with Gasteiger partial charge in [-0.05, 0) is 49.9 Å². The maximum Gasteiger partial charge on any atom is 0.251 e. The Morgan fingerprint density at radius 1 is 1.36 bits per heavy atom. The van der Waals surface area contributed by atoms with Crippen LogP contribution >= 0.6 is 12.4 Å². The molecule has 1 aliphatic carbocycles. The molecule has 2 atom stereocenters. The lowest BCUT2D eigenvalue weighted by molar-refractivity contribution is 0.0928. The number of aryl methyl sites for hydroxylation is 1. The van der Waals surface area contributed by atoms with Crippen molar-refractivity contribution in [3.05, 3.63) is 29.3 Å². The van der Waals surface area contributed by atoms with Crippen LogP contribution in [0, 0.1) is 12.8 Å². The maximum absolute atomic E-state index is 12.4. The third-order valence-electron chi connectivity index (χ3n) is 4.16. The second-order valence-electron chi connectivity index (χ2n) is 5.76. The van der Waals surface area contributed by atoms with E-state index < -0.39 is 9.84 Å². The lowest BCUT2D eigenvalue weighted by Crippen LogP contribution is -2.40. The van der Waals surface area contributed by atoms with Crippen LogP contribution < -0.4 is 11.1 Å². The van der Waals surface area contributed by atoms with E-state index in [1.165, 1.54) is 12.1 Å². The predicted octanol–water partition coefficient (Wildman–Crippen LogP) is 1.68. The molecule has 1 fully saturated rings. The van der Waals surface area contributed by atoms with Gasteiger partial charge in [-0.1, -0.05) is 12.5 Å². The zero-order valence-electron chi connectivity index (χ0n) is 12.8. The van der Waals surface area contributed by atoms with Crippen LogP contribution in [-0.2, 0) is 9.84 Å². The van der Waals surface area contributed by atoms with Gasteiger partial charge in [0.25, 0.3) is 5.91 Å². The molecule has 0 aromatic heterocycles. The minimum Gasteiger partial charge on any atom is -0.349 e. The molecule has 1 saturated carbocycles. The van der Waals surface area contributed by atoms with Crippen LogP contribution in [0.25, 0.3) is 0 Å². The summed E-state index contributed by atoms with van der Waals surface area (Å²) in [4.78, 5) is 12.6. The van der Waals surface area contributed by atoms with Crippen molar-refractivity contribution < 1.29 is 13.2 Å². The van der Waals surface area contributed by atoms with Crippen molar-refractivity contribution in [1.82, 2.24) is 5.32 Å². The van der Waals surface area contributed by atoms with Gasteiger partial charge in [0, 0.05) is 17.9 Å². The van der Waals surface area contributed by atoms with Crippen molar-refractivity contribution >= 4 is 28.2 Å². The molecule has 0 saturated heterocycles. The summed E-state index contributed by atoms with van der Waals surface area (Å²) in [5.74, 6) is 0.0932. The lowest BCUT2D eigenvalue weighted by Gasteiger charge is -2.20. The van der Waals surface area contributed by atoms with E-state index in [1.54, 1.807) is 13.0 Å². The summed E-state index contributed by atoms with van der Waals surface area (Å²) in [7, 11) is -3.32. The van der Waals surface area contributed by atoms with E-state index >= 15 is 0 Å². The van der Waals surface area contributed by atoms with Crippen molar-refractivity contribution in [2.45, 2.75) is 37.1 Å². The highest BCUT2D eigenvalue weighted by Gasteiger charge is 2.28. The van der Waals surface area contributed by atoms with E-state index in [2.05, 4.69) is 5.32 Å². The topological polar surface area (TPSA) is 89.3 Å². The largest absolute Gasteiger partial charge is 0.349 e. The van der Waals surface area contributed by atoms with E-state index in [0.29, 0.717) is 18.0 Å². The van der Waals surface area contributed by atoms with Crippen LogP contribution in [0.2, 0.25) is 0 Å². The molecular weight excluding hydrogens is 324 g/mol. The predicted molar refractivity (Wildman–Crippen MR) is 89.2 cm³/mol. The van der Waals surface area contributed by atoms with Crippen molar-refractivity contribution in [2.75, 3.05) is 12.8 Å². The molecule has 0 heterocycles. The first-order valence-corrected chi connectivity index (χ1v) is 9.03. The van der Waals surface area contributed by atoms with Gasteiger partial charge in [0.1, 0.15) is 0 Å². The van der Waals surface area contributed by atoms with Crippen molar-refractivity contribution in [3.63, 3.8) is 0 Å². The lowest BCUT2D eigenvalue weighted by atomic mass is 10.0. The van der Waals surface area contributed by atoms with Gasteiger partial charge in [0.05, 0.1) is 4.90 Å². The number of hydrogen-bond donors (Lipinski definition) is 2. The van der Waals surface area contributed by atoms with Gasteiger partial charge in [-0.25, -0.2) is 8.42 Å². The Labute approximate surface area is 138 Å². The van der Waals surface area contributed by atoms with Crippen LogP contribution in [0.15, 0.2) is 23.1 Å². The molecule has 1 aliphatic rings. The third kappa shape index (κ3) is 4.21. The second kappa shape index (κ2) is 7.44. The number of carbonyl (C=O) groups is 1. The van der Waals surface area contributed by atoms with Gasteiger partial charge in [-0.2, -0.15) is 0 Å². The molecule has 1 aromatic rings. The summed E-state index contributed by atoms with van der Waals surface area (Å²) in [6.45, 7) is 2.36. The monoisotopic (exact) mass is 346 g/mol. The van der Waals surface area contributed by atoms with Crippen molar-refractivity contribution in [1.29, 1.82) is 0 Å². The fourth-order valence-corrected chi connectivity index (χ4v) is 3.48. The highest BCUT2D eigenvalue weighted by Crippen LogP contribution is 2.25. The van der Waals surface area contributed by atoms with Crippen molar-refractivity contribution in [2.24, 2.45) is 11.7 Å². The van der Waals surface area contributed by atoms with Crippen LogP contribution in [0.4, 0.5) is 0 Å². The zero-order chi connectivity index (χ0) is 15.6. The van der Waals surface area contributed by atoms with Gasteiger partial charge in [-0.15, -0.1) is 12.4 Å². The van der Waals surface area contributed by atoms with E-state index in [9.17, 15) is 13.2 Å². The molecule has 0 spiro atoms. The van der Waals surface area contributed by atoms with Gasteiger partial charge in [-0.3, -0.25) is 4.79 Å². The zero-order valence-corrected chi connectivity index (χ0v) is 14.5. The summed E-state index contributed by atoms with van der Waals surface area (Å²) in [6.07, 6.45) is 4.16. The SMILES string of the molecule is Cc1ccc(S(C)(=O)=O)cc1C(=O)NC1CCCC1CN.Cl. The number of nitrogens with one attached hydrogen (secondary N) is 1. The quantitative estimate of drug-likeness (QED) is 0.868. The van der Waals surface area contributed by atoms with Gasteiger partial charge < -0.3 is 11.1 Å². The van der Waals surface area contributed by atoms with E-state index in [1.807, 2.05) is 0 Å². The molecule has 1 amide bonds. The molecule has 3 N–H and O–H groups in total. The Hall–Kier alpha value is -1.11. The first kappa shape index (κ1) is 18.9. The fraction of sp³-hybridized carbons (Fsp3) is 0.533. The van der Waals surface area contributed by atoms with Crippen LogP contribution in [-0.4, -0.2) is 33.2 Å². The molecule has 0 bridgehead atoms. The number of hydrogen-bond acceptors (Lipinski definition) is 4. The standard InChI is InChI=1S/C15H22N2O3S.ClH/c1-10-6-7-12(21(2,19)20)8-13(10)15(18)17-14-5-3-4-11(14)9-16;/h6-8,11,14H,3-5,9,16H2,1-2H3,(H,17,18);1H. The molecular formula is C15H23ClN2O3S. The number of sulfone groups is 1. The van der Waals surface area contributed by atoms with Gasteiger partial charge >= 0.3 is 0 Å². The second-order valence-corrected chi connectivity index (χ2v) is 7.77. The van der Waals surface area contributed by atoms with E-state index in [-0.39, 0.29) is 29.3 Å². The molecule has 0 radical (unpaired) electrons. The Morgan fingerprint density at radius 2 is 2.05 bits per heavy atom. The summed E-state index contributed by atoms with van der Waals surface area (Å²) < 4.78 is 23.2. The van der Waals surface area contributed by atoms with Crippen LogP contribution in [0.1, 0.15) is 35.2 Å². The number of amides is 1. The summed E-state index contributed by atoms with van der Waals surface area (Å²) in [5.41, 5.74) is 6.90. The molecule has 124 valence electrons. The minimum atomic E-state index is -3.32. The molecule has 5 nitrogen and oxygen atoms in total. The highest BCUT2D eigenvalue weighted by atomic mass is 35.5. The number of carbonyl (C=O) groups excluding carboxylic acids is 1. The smallest absolute Gasteiger partial charge is 0.251 e. The van der Waals surface area contributed by atoms with E-state index in [0.717, 1.165) is 31.1 Å². The number of halogens is 1. The number of nitrogens with two attached hydrogens (primary N) is 1. The van der Waals surface area contributed by atoms with Crippen LogP contribution in [0.3, 0.4) is 0 Å². The molecule has 2 rings (SSSR count). The average Bonchev–Trinajstić information content (AvgIpc) is 2.84. The molecule has 7 heteroatoms. The molecule has 1 aromatic carbocycles. The first-order chi connectivity index (χ1) is 9.82. The summed E-state index contributed by atoms with van der Waals surface area (Å²) >= 11 is 0. The maximum atomic E-state index is 12.4. The fourth-order valence-electron chi connectivity index (χ4n) is 2.83. The van der Waals surface area contributed by atoms with Gasteiger partial charge in [0.15, 0.2) is 9.84 Å². The van der Waals surface area contributed by atoms with Crippen LogP contribution in [0.5, 0.6) is 0 Å². The third-order valence-corrected chi connectivity index (χ3v) is 5.27. The normalized spacial score (nSPS) is 21.2. The van der Waals surface area contributed by atoms with Crippen molar-refractivity contribution in [3.8, 4) is 0 Å². The Morgan fingerprint density at radius 3 is 2.64 bits per heavy atom. The molecule has 2 unspecified atom stereocenters. The number of rotatable bonds is 4. The Bertz CT molecular complexity index is 646. The molecule has 0 aliphatic heterocycles.